The van der Waals surface area contributed by atoms with Crippen LogP contribution in [0.5, 0.6) is 11.5 Å². The third kappa shape index (κ3) is 4.88. The molecule has 0 heterocycles. The van der Waals surface area contributed by atoms with Crippen LogP contribution >= 0.6 is 0 Å². The van der Waals surface area contributed by atoms with Gasteiger partial charge in [0.1, 0.15) is 11.5 Å². The van der Waals surface area contributed by atoms with Gasteiger partial charge in [0.05, 0.1) is 13.7 Å². The zero-order chi connectivity index (χ0) is 16.7. The Morgan fingerprint density at radius 1 is 1.13 bits per heavy atom. The number of rotatable bonds is 7. The van der Waals surface area contributed by atoms with E-state index in [2.05, 4.69) is 5.32 Å². The Balaban J connectivity index is 2.06. The molecule has 2 aromatic carbocycles. The highest BCUT2D eigenvalue weighted by molar-refractivity contribution is 6.05. The van der Waals surface area contributed by atoms with Crippen LogP contribution in [-0.4, -0.2) is 19.5 Å². The van der Waals surface area contributed by atoms with Crippen molar-refractivity contribution >= 4 is 11.5 Å². The summed E-state index contributed by atoms with van der Waals surface area (Å²) in [6.45, 7) is 4.42. The lowest BCUT2D eigenvalue weighted by molar-refractivity contribution is 0.104. The third-order valence-corrected chi connectivity index (χ3v) is 3.21. The van der Waals surface area contributed by atoms with Gasteiger partial charge >= 0.3 is 0 Å². The Bertz CT molecular complexity index is 690. The third-order valence-electron chi connectivity index (χ3n) is 3.21. The van der Waals surface area contributed by atoms with E-state index in [1.54, 1.807) is 37.5 Å². The molecule has 4 nitrogen and oxygen atoms in total. The number of benzene rings is 2. The molecule has 0 saturated carbocycles. The van der Waals surface area contributed by atoms with Gasteiger partial charge in [-0.05, 0) is 50.2 Å². The molecule has 0 spiro atoms. The van der Waals surface area contributed by atoms with Crippen LogP contribution in [0.4, 0.5) is 5.69 Å². The molecule has 1 N–H and O–H groups in total. The highest BCUT2D eigenvalue weighted by Crippen LogP contribution is 2.19. The van der Waals surface area contributed by atoms with Gasteiger partial charge < -0.3 is 14.8 Å². The fraction of sp³-hybridized carbons (Fsp3) is 0.211. The maximum atomic E-state index is 12.2. The minimum Gasteiger partial charge on any atom is -0.497 e. The Morgan fingerprint density at radius 3 is 2.52 bits per heavy atom. The van der Waals surface area contributed by atoms with E-state index in [0.717, 1.165) is 22.9 Å². The lowest BCUT2D eigenvalue weighted by Gasteiger charge is -2.09. The summed E-state index contributed by atoms with van der Waals surface area (Å²) in [5.74, 6) is 1.47. The average Bonchev–Trinajstić information content (AvgIpc) is 2.55. The monoisotopic (exact) mass is 311 g/mol. The molecule has 0 fully saturated rings. The molecule has 0 aliphatic rings. The molecule has 0 atom stereocenters. The number of methoxy groups -OCH3 is 1. The lowest BCUT2D eigenvalue weighted by Crippen LogP contribution is -2.02. The second kappa shape index (κ2) is 8.03. The first-order chi connectivity index (χ1) is 11.1. The summed E-state index contributed by atoms with van der Waals surface area (Å²) in [5, 5.41) is 3.20. The number of anilines is 1. The molecule has 4 heteroatoms. The number of allylic oxidation sites excluding steroid dienone is 2. The van der Waals surface area contributed by atoms with E-state index in [1.807, 2.05) is 38.1 Å². The van der Waals surface area contributed by atoms with Gasteiger partial charge in [0, 0.05) is 29.1 Å². The van der Waals surface area contributed by atoms with Gasteiger partial charge in [0.25, 0.3) is 0 Å². The van der Waals surface area contributed by atoms with Crippen molar-refractivity contribution in [2.24, 2.45) is 0 Å². The molecular formula is C19H21NO3. The molecule has 0 aliphatic heterocycles. The van der Waals surface area contributed by atoms with E-state index in [9.17, 15) is 4.79 Å². The van der Waals surface area contributed by atoms with E-state index < -0.39 is 0 Å². The standard InChI is InChI=1S/C19H21NO3/c1-4-23-18-7-5-6-16(13-18)20-14(2)12-19(21)15-8-10-17(22-3)11-9-15/h5-13,20H,4H2,1-3H3. The SMILES string of the molecule is CCOc1cccc(NC(C)=CC(=O)c2ccc(OC)cc2)c1. The predicted molar refractivity (Wildman–Crippen MR) is 92.3 cm³/mol. The first-order valence-electron chi connectivity index (χ1n) is 7.49. The van der Waals surface area contributed by atoms with Crippen molar-refractivity contribution in [3.63, 3.8) is 0 Å². The largest absolute Gasteiger partial charge is 0.497 e. The zero-order valence-corrected chi connectivity index (χ0v) is 13.6. The molecule has 0 unspecified atom stereocenters. The van der Waals surface area contributed by atoms with Crippen molar-refractivity contribution < 1.29 is 14.3 Å². The average molecular weight is 311 g/mol. The summed E-state index contributed by atoms with van der Waals surface area (Å²) in [6.07, 6.45) is 1.58. The molecule has 23 heavy (non-hydrogen) atoms. The van der Waals surface area contributed by atoms with Gasteiger partial charge in [0.2, 0.25) is 0 Å². The number of nitrogens with one attached hydrogen (secondary N) is 1. The highest BCUT2D eigenvalue weighted by atomic mass is 16.5. The van der Waals surface area contributed by atoms with Gasteiger partial charge in [-0.1, -0.05) is 6.07 Å². The van der Waals surface area contributed by atoms with Crippen molar-refractivity contribution in [1.82, 2.24) is 0 Å². The van der Waals surface area contributed by atoms with Crippen LogP contribution < -0.4 is 14.8 Å². The molecule has 2 aromatic rings. The molecular weight excluding hydrogens is 290 g/mol. The fourth-order valence-electron chi connectivity index (χ4n) is 2.13. The summed E-state index contributed by atoms with van der Waals surface area (Å²) in [5.41, 5.74) is 2.27. The molecule has 0 radical (unpaired) electrons. The Labute approximate surface area is 136 Å². The Hall–Kier alpha value is -2.75. The first kappa shape index (κ1) is 16.6. The highest BCUT2D eigenvalue weighted by Gasteiger charge is 2.04. The first-order valence-corrected chi connectivity index (χ1v) is 7.49. The zero-order valence-electron chi connectivity index (χ0n) is 13.6. The minimum atomic E-state index is -0.0568. The maximum absolute atomic E-state index is 12.2. The molecule has 0 bridgehead atoms. The normalized spacial score (nSPS) is 11.0. The van der Waals surface area contributed by atoms with Crippen molar-refractivity contribution in [2.45, 2.75) is 13.8 Å². The van der Waals surface area contributed by atoms with Crippen LogP contribution in [0.1, 0.15) is 24.2 Å². The van der Waals surface area contributed by atoms with Crippen LogP contribution in [0.15, 0.2) is 60.3 Å². The molecule has 120 valence electrons. The molecule has 2 rings (SSSR count). The van der Waals surface area contributed by atoms with E-state index >= 15 is 0 Å². The summed E-state index contributed by atoms with van der Waals surface area (Å²) in [7, 11) is 1.60. The lowest BCUT2D eigenvalue weighted by atomic mass is 10.1. The molecule has 0 aliphatic carbocycles. The van der Waals surface area contributed by atoms with Crippen LogP contribution in [0.3, 0.4) is 0 Å². The second-order valence-electron chi connectivity index (χ2n) is 5.01. The second-order valence-corrected chi connectivity index (χ2v) is 5.01. The number of ether oxygens (including phenoxy) is 2. The van der Waals surface area contributed by atoms with Gasteiger partial charge in [0.15, 0.2) is 5.78 Å². The van der Waals surface area contributed by atoms with Crippen molar-refractivity contribution in [1.29, 1.82) is 0 Å². The van der Waals surface area contributed by atoms with Crippen molar-refractivity contribution in [3.05, 3.63) is 65.9 Å². The van der Waals surface area contributed by atoms with Crippen LogP contribution in [0.25, 0.3) is 0 Å². The summed E-state index contributed by atoms with van der Waals surface area (Å²) in [4.78, 5) is 12.2. The number of carbonyl (C=O) groups is 1. The molecule has 0 amide bonds. The topological polar surface area (TPSA) is 47.6 Å². The Morgan fingerprint density at radius 2 is 1.87 bits per heavy atom. The van der Waals surface area contributed by atoms with Gasteiger partial charge in [-0.3, -0.25) is 4.79 Å². The number of hydrogen-bond acceptors (Lipinski definition) is 4. The van der Waals surface area contributed by atoms with Crippen LogP contribution in [0.2, 0.25) is 0 Å². The van der Waals surface area contributed by atoms with Gasteiger partial charge in [-0.2, -0.15) is 0 Å². The van der Waals surface area contributed by atoms with E-state index in [1.165, 1.54) is 0 Å². The smallest absolute Gasteiger partial charge is 0.187 e. The fourth-order valence-corrected chi connectivity index (χ4v) is 2.13. The van der Waals surface area contributed by atoms with E-state index in [0.29, 0.717) is 12.2 Å². The van der Waals surface area contributed by atoms with Crippen LogP contribution in [-0.2, 0) is 0 Å². The summed E-state index contributed by atoms with van der Waals surface area (Å²) in [6, 6.07) is 14.7. The summed E-state index contributed by atoms with van der Waals surface area (Å²) >= 11 is 0. The van der Waals surface area contributed by atoms with Crippen molar-refractivity contribution in [3.8, 4) is 11.5 Å². The Kier molecular flexibility index (Phi) is 5.80. The van der Waals surface area contributed by atoms with E-state index in [-0.39, 0.29) is 5.78 Å². The minimum absolute atomic E-state index is 0.0568. The number of ketones is 1. The quantitative estimate of drug-likeness (QED) is 0.612. The molecule has 0 saturated heterocycles. The van der Waals surface area contributed by atoms with Gasteiger partial charge in [-0.15, -0.1) is 0 Å². The van der Waals surface area contributed by atoms with E-state index in [4.69, 9.17) is 9.47 Å². The number of hydrogen-bond donors (Lipinski definition) is 1. The van der Waals surface area contributed by atoms with Gasteiger partial charge in [-0.25, -0.2) is 0 Å². The van der Waals surface area contributed by atoms with Crippen molar-refractivity contribution in [2.75, 3.05) is 19.0 Å². The predicted octanol–water partition coefficient (Wildman–Crippen LogP) is 4.29. The van der Waals surface area contributed by atoms with Crippen LogP contribution in [0, 0.1) is 0 Å². The maximum Gasteiger partial charge on any atom is 0.187 e. The number of carbonyl (C=O) groups excluding carboxylic acids is 1. The summed E-state index contributed by atoms with van der Waals surface area (Å²) < 4.78 is 10.6. The molecule has 0 aromatic heterocycles.